The molecule has 1 saturated heterocycles. The zero-order valence-electron chi connectivity index (χ0n) is 18.0. The lowest BCUT2D eigenvalue weighted by molar-refractivity contribution is -0.128. The minimum absolute atomic E-state index is 0.0132. The number of ether oxygens (including phenoxy) is 3. The van der Waals surface area contributed by atoms with Gasteiger partial charge < -0.3 is 24.6 Å². The number of aromatic amines is 1. The quantitative estimate of drug-likeness (QED) is 0.527. The predicted molar refractivity (Wildman–Crippen MR) is 116 cm³/mol. The Morgan fingerprint density at radius 1 is 1.44 bits per heavy atom. The van der Waals surface area contributed by atoms with Crippen LogP contribution in [0.2, 0.25) is 5.02 Å². The van der Waals surface area contributed by atoms with Gasteiger partial charge in [-0.2, -0.15) is 0 Å². The Kier molecular flexibility index (Phi) is 7.60. The highest BCUT2D eigenvalue weighted by Gasteiger charge is 2.36. The maximum absolute atomic E-state index is 12.4. The molecule has 10 nitrogen and oxygen atoms in total. The largest absolute Gasteiger partial charge is 0.497 e. The zero-order valence-corrected chi connectivity index (χ0v) is 18.7. The second-order valence-electron chi connectivity index (χ2n) is 7.41. The van der Waals surface area contributed by atoms with Gasteiger partial charge in [0, 0.05) is 30.8 Å². The number of aliphatic hydroxyl groups is 1. The Bertz CT molecular complexity index is 1080. The number of rotatable bonds is 8. The van der Waals surface area contributed by atoms with E-state index < -0.39 is 41.7 Å². The summed E-state index contributed by atoms with van der Waals surface area (Å²) in [4.78, 5) is 38.6. The van der Waals surface area contributed by atoms with Crippen molar-refractivity contribution in [3.63, 3.8) is 0 Å². The molecule has 1 aliphatic rings. The summed E-state index contributed by atoms with van der Waals surface area (Å²) in [7, 11) is 1.52. The first-order valence-corrected chi connectivity index (χ1v) is 10.6. The number of halogens is 1. The topological polar surface area (TPSA) is 132 Å². The van der Waals surface area contributed by atoms with Gasteiger partial charge in [0.1, 0.15) is 23.8 Å². The molecular formula is C21H26ClN3O7. The van der Waals surface area contributed by atoms with Crippen LogP contribution in [0.15, 0.2) is 34.0 Å². The molecule has 2 aromatic rings. The van der Waals surface area contributed by atoms with Crippen LogP contribution < -0.4 is 26.0 Å². The lowest BCUT2D eigenvalue weighted by atomic mass is 10.1. The van der Waals surface area contributed by atoms with Crippen LogP contribution in [0.1, 0.15) is 32.1 Å². The predicted octanol–water partition coefficient (Wildman–Crippen LogP) is 0.993. The van der Waals surface area contributed by atoms with E-state index in [0.717, 1.165) is 0 Å². The Morgan fingerprint density at radius 2 is 2.19 bits per heavy atom. The highest BCUT2D eigenvalue weighted by molar-refractivity contribution is 6.32. The number of nitrogens with zero attached hydrogens (tertiary/aromatic N) is 1. The lowest BCUT2D eigenvalue weighted by Crippen LogP contribution is -2.42. The van der Waals surface area contributed by atoms with E-state index >= 15 is 0 Å². The number of H-pyrrole nitrogens is 1. The summed E-state index contributed by atoms with van der Waals surface area (Å²) in [6.45, 7) is 3.38. The fourth-order valence-electron chi connectivity index (χ4n) is 3.36. The van der Waals surface area contributed by atoms with E-state index in [9.17, 15) is 19.5 Å². The van der Waals surface area contributed by atoms with Crippen LogP contribution in [0.3, 0.4) is 0 Å². The fourth-order valence-corrected chi connectivity index (χ4v) is 3.57. The number of hydrogen-bond donors (Lipinski definition) is 3. The summed E-state index contributed by atoms with van der Waals surface area (Å²) >= 11 is 6.14. The molecule has 0 radical (unpaired) electrons. The van der Waals surface area contributed by atoms with Gasteiger partial charge in [0.2, 0.25) is 0 Å². The number of carbonyl (C=O) groups is 1. The molecule has 2 heterocycles. The van der Waals surface area contributed by atoms with Crippen molar-refractivity contribution < 1.29 is 24.1 Å². The molecular weight excluding hydrogens is 442 g/mol. The number of carbonyl (C=O) groups excluding carboxylic acids is 1. The maximum atomic E-state index is 12.4. The highest BCUT2D eigenvalue weighted by atomic mass is 35.5. The van der Waals surface area contributed by atoms with Gasteiger partial charge in [0.05, 0.1) is 18.2 Å². The van der Waals surface area contributed by atoms with Gasteiger partial charge in [0.25, 0.3) is 11.5 Å². The van der Waals surface area contributed by atoms with E-state index in [4.69, 9.17) is 25.8 Å². The van der Waals surface area contributed by atoms with E-state index in [-0.39, 0.29) is 13.0 Å². The van der Waals surface area contributed by atoms with Crippen LogP contribution in [0.4, 0.5) is 0 Å². The molecule has 3 N–H and O–H groups in total. The number of aryl methyl sites for hydroxylation is 1. The molecule has 1 aromatic heterocycles. The summed E-state index contributed by atoms with van der Waals surface area (Å²) in [6.07, 6.45) is -1.23. The normalized spacial score (nSPS) is 21.2. The molecule has 0 aliphatic carbocycles. The van der Waals surface area contributed by atoms with Crippen molar-refractivity contribution in [3.8, 4) is 11.5 Å². The average molecular weight is 468 g/mol. The monoisotopic (exact) mass is 467 g/mol. The van der Waals surface area contributed by atoms with E-state index in [1.54, 1.807) is 32.0 Å². The third-order valence-corrected chi connectivity index (χ3v) is 5.52. The summed E-state index contributed by atoms with van der Waals surface area (Å²) in [5.41, 5.74) is -0.628. The van der Waals surface area contributed by atoms with Crippen LogP contribution in [-0.2, 0) is 16.0 Å². The molecule has 11 heteroatoms. The summed E-state index contributed by atoms with van der Waals surface area (Å²) in [6, 6.07) is 4.84. The molecule has 174 valence electrons. The molecule has 0 bridgehead atoms. The smallest absolute Gasteiger partial charge is 0.330 e. The van der Waals surface area contributed by atoms with Crippen LogP contribution in [0, 0.1) is 0 Å². The lowest BCUT2D eigenvalue weighted by Gasteiger charge is -2.19. The minimum Gasteiger partial charge on any atom is -0.497 e. The highest BCUT2D eigenvalue weighted by Crippen LogP contribution is 2.30. The van der Waals surface area contributed by atoms with Gasteiger partial charge in [-0.25, -0.2) is 4.79 Å². The van der Waals surface area contributed by atoms with Crippen molar-refractivity contribution in [2.24, 2.45) is 0 Å². The van der Waals surface area contributed by atoms with Gasteiger partial charge in [0.15, 0.2) is 6.10 Å². The average Bonchev–Trinajstić information content (AvgIpc) is 3.13. The fraction of sp³-hybridized carbons (Fsp3) is 0.476. The summed E-state index contributed by atoms with van der Waals surface area (Å²) in [5, 5.41) is 13.3. The molecule has 0 spiro atoms. The second-order valence-corrected chi connectivity index (χ2v) is 7.82. The molecule has 4 atom stereocenters. The number of aliphatic hydroxyl groups excluding tert-OH is 1. The van der Waals surface area contributed by atoms with Crippen molar-refractivity contribution in [3.05, 3.63) is 55.8 Å². The number of amides is 1. The van der Waals surface area contributed by atoms with Gasteiger partial charge in [-0.1, -0.05) is 18.5 Å². The third-order valence-electron chi connectivity index (χ3n) is 5.23. The SMILES string of the molecule is CCc1cn([C@@H]2CC(O)[C@H](CNC(=O)[C@H](C)Oc3ccc(OC)cc3Cl)O2)c(=O)[nH]c1=O. The van der Waals surface area contributed by atoms with E-state index in [1.807, 2.05) is 0 Å². The molecule has 0 saturated carbocycles. The number of hydrogen-bond acceptors (Lipinski definition) is 7. The van der Waals surface area contributed by atoms with Crippen LogP contribution >= 0.6 is 11.6 Å². The van der Waals surface area contributed by atoms with Gasteiger partial charge in [-0.3, -0.25) is 19.1 Å². The summed E-state index contributed by atoms with van der Waals surface area (Å²) in [5.74, 6) is 0.469. The van der Waals surface area contributed by atoms with E-state index in [1.165, 1.54) is 17.9 Å². The van der Waals surface area contributed by atoms with Crippen molar-refractivity contribution in [1.82, 2.24) is 14.9 Å². The van der Waals surface area contributed by atoms with Crippen LogP contribution in [0.25, 0.3) is 0 Å². The van der Waals surface area contributed by atoms with Crippen molar-refractivity contribution in [1.29, 1.82) is 0 Å². The van der Waals surface area contributed by atoms with Gasteiger partial charge in [-0.05, 0) is 25.5 Å². The van der Waals surface area contributed by atoms with E-state index in [0.29, 0.717) is 28.5 Å². The first kappa shape index (κ1) is 23.8. The number of nitrogens with one attached hydrogen (secondary N) is 2. The number of aromatic nitrogens is 2. The van der Waals surface area contributed by atoms with Crippen molar-refractivity contribution >= 4 is 17.5 Å². The molecule has 1 amide bonds. The minimum atomic E-state index is -0.906. The zero-order chi connectivity index (χ0) is 23.4. The van der Waals surface area contributed by atoms with Crippen LogP contribution in [0.5, 0.6) is 11.5 Å². The molecule has 1 aliphatic heterocycles. The molecule has 3 rings (SSSR count). The van der Waals surface area contributed by atoms with Crippen molar-refractivity contribution in [2.75, 3.05) is 13.7 Å². The second kappa shape index (κ2) is 10.2. The first-order chi connectivity index (χ1) is 15.2. The Labute approximate surface area is 189 Å². The Balaban J connectivity index is 1.58. The molecule has 32 heavy (non-hydrogen) atoms. The number of benzene rings is 1. The van der Waals surface area contributed by atoms with E-state index in [2.05, 4.69) is 10.3 Å². The number of methoxy groups -OCH3 is 1. The molecule has 1 aromatic carbocycles. The third kappa shape index (κ3) is 5.32. The van der Waals surface area contributed by atoms with Gasteiger partial charge >= 0.3 is 5.69 Å². The first-order valence-electron chi connectivity index (χ1n) is 10.2. The van der Waals surface area contributed by atoms with Crippen molar-refractivity contribution in [2.45, 2.75) is 51.2 Å². The molecule has 1 fully saturated rings. The van der Waals surface area contributed by atoms with Gasteiger partial charge in [-0.15, -0.1) is 0 Å². The Morgan fingerprint density at radius 3 is 2.84 bits per heavy atom. The summed E-state index contributed by atoms with van der Waals surface area (Å²) < 4.78 is 17.7. The molecule has 1 unspecified atom stereocenters. The standard InChI is InChI=1S/C21H26ClN3O7/c1-4-12-10-25(21(29)24-20(12)28)18-8-15(26)17(32-18)9-23-19(27)11(2)31-16-6-5-13(30-3)7-14(16)22/h5-7,10-11,15,17-18,26H,4,8-9H2,1-3H3,(H,23,27)(H,24,28,29)/t11-,15?,17-,18-/m0/s1. The Hall–Kier alpha value is -2.82. The van der Waals surface area contributed by atoms with Crippen LogP contribution in [-0.4, -0.2) is 52.5 Å². The maximum Gasteiger partial charge on any atom is 0.330 e.